The summed E-state index contributed by atoms with van der Waals surface area (Å²) in [6.07, 6.45) is 2.26. The van der Waals surface area contributed by atoms with Crippen molar-refractivity contribution in [1.82, 2.24) is 4.90 Å². The standard InChI is InChI=1S/C12H25NO2/c1-5-11(6-2)8-13(7-10(3)4)9-12(14)15/h10-11H,5-9H2,1-4H3,(H,14,15). The van der Waals surface area contributed by atoms with E-state index >= 15 is 0 Å². The van der Waals surface area contributed by atoms with E-state index in [4.69, 9.17) is 5.11 Å². The second kappa shape index (κ2) is 7.69. The normalized spacial score (nSPS) is 11.7. The number of carbonyl (C=O) groups is 1. The van der Waals surface area contributed by atoms with Gasteiger partial charge in [-0.1, -0.05) is 40.5 Å². The predicted molar refractivity (Wildman–Crippen MR) is 63.0 cm³/mol. The van der Waals surface area contributed by atoms with Crippen molar-refractivity contribution in [3.63, 3.8) is 0 Å². The first-order chi connectivity index (χ1) is 6.99. The zero-order valence-electron chi connectivity index (χ0n) is 10.5. The second-order valence-electron chi connectivity index (χ2n) is 4.66. The summed E-state index contributed by atoms with van der Waals surface area (Å²) in [5.41, 5.74) is 0. The van der Waals surface area contributed by atoms with E-state index in [9.17, 15) is 4.79 Å². The van der Waals surface area contributed by atoms with Gasteiger partial charge in [-0.2, -0.15) is 0 Å². The van der Waals surface area contributed by atoms with Crippen molar-refractivity contribution in [2.24, 2.45) is 11.8 Å². The molecule has 0 aliphatic rings. The van der Waals surface area contributed by atoms with Gasteiger partial charge in [0.2, 0.25) is 0 Å². The van der Waals surface area contributed by atoms with Gasteiger partial charge in [-0.05, 0) is 11.8 Å². The third kappa shape index (κ3) is 7.37. The smallest absolute Gasteiger partial charge is 0.317 e. The molecule has 0 aliphatic carbocycles. The third-order valence-corrected chi connectivity index (χ3v) is 2.65. The van der Waals surface area contributed by atoms with Crippen LogP contribution in [-0.2, 0) is 4.79 Å². The van der Waals surface area contributed by atoms with Crippen molar-refractivity contribution in [3.8, 4) is 0 Å². The van der Waals surface area contributed by atoms with Gasteiger partial charge in [-0.25, -0.2) is 0 Å². The SMILES string of the molecule is CCC(CC)CN(CC(=O)O)CC(C)C. The second-order valence-corrected chi connectivity index (χ2v) is 4.66. The Bertz CT molecular complexity index is 176. The highest BCUT2D eigenvalue weighted by molar-refractivity contribution is 5.69. The number of carboxylic acid groups (broad SMARTS) is 1. The minimum atomic E-state index is -0.721. The van der Waals surface area contributed by atoms with Gasteiger partial charge >= 0.3 is 5.97 Å². The Morgan fingerprint density at radius 1 is 1.20 bits per heavy atom. The monoisotopic (exact) mass is 215 g/mol. The molecule has 90 valence electrons. The highest BCUT2D eigenvalue weighted by Gasteiger charge is 2.15. The molecule has 3 heteroatoms. The van der Waals surface area contributed by atoms with E-state index in [1.807, 2.05) is 0 Å². The topological polar surface area (TPSA) is 40.5 Å². The summed E-state index contributed by atoms with van der Waals surface area (Å²) < 4.78 is 0. The number of aliphatic carboxylic acids is 1. The van der Waals surface area contributed by atoms with Crippen molar-refractivity contribution in [1.29, 1.82) is 0 Å². The van der Waals surface area contributed by atoms with Crippen LogP contribution in [0, 0.1) is 11.8 Å². The van der Waals surface area contributed by atoms with Gasteiger partial charge in [0, 0.05) is 13.1 Å². The summed E-state index contributed by atoms with van der Waals surface area (Å²) in [5.74, 6) is 0.434. The molecule has 0 amide bonds. The Morgan fingerprint density at radius 2 is 1.73 bits per heavy atom. The van der Waals surface area contributed by atoms with Gasteiger partial charge in [-0.15, -0.1) is 0 Å². The number of hydrogen-bond donors (Lipinski definition) is 1. The summed E-state index contributed by atoms with van der Waals surface area (Å²) >= 11 is 0. The highest BCUT2D eigenvalue weighted by Crippen LogP contribution is 2.11. The Kier molecular flexibility index (Phi) is 7.39. The molecule has 0 aromatic heterocycles. The predicted octanol–water partition coefficient (Wildman–Crippen LogP) is 2.47. The first-order valence-electron chi connectivity index (χ1n) is 5.93. The lowest BCUT2D eigenvalue weighted by molar-refractivity contribution is -0.138. The average Bonchev–Trinajstić information content (AvgIpc) is 2.11. The van der Waals surface area contributed by atoms with Gasteiger partial charge in [0.25, 0.3) is 0 Å². The van der Waals surface area contributed by atoms with Gasteiger partial charge < -0.3 is 5.11 Å². The first-order valence-corrected chi connectivity index (χ1v) is 5.93. The van der Waals surface area contributed by atoms with Crippen molar-refractivity contribution in [2.45, 2.75) is 40.5 Å². The fourth-order valence-electron chi connectivity index (χ4n) is 1.82. The lowest BCUT2D eigenvalue weighted by Crippen LogP contribution is -2.36. The van der Waals surface area contributed by atoms with Crippen molar-refractivity contribution in [3.05, 3.63) is 0 Å². The van der Waals surface area contributed by atoms with E-state index in [1.165, 1.54) is 0 Å². The molecule has 0 aromatic rings. The van der Waals surface area contributed by atoms with Crippen molar-refractivity contribution in [2.75, 3.05) is 19.6 Å². The van der Waals surface area contributed by atoms with Crippen LogP contribution in [0.4, 0.5) is 0 Å². The minimum Gasteiger partial charge on any atom is -0.480 e. The Morgan fingerprint density at radius 3 is 2.07 bits per heavy atom. The van der Waals surface area contributed by atoms with Crippen molar-refractivity contribution < 1.29 is 9.90 Å². The molecule has 0 unspecified atom stereocenters. The molecule has 0 heterocycles. The molecule has 3 nitrogen and oxygen atoms in total. The molecule has 0 radical (unpaired) electrons. The fourth-order valence-corrected chi connectivity index (χ4v) is 1.82. The number of carboxylic acids is 1. The van der Waals surface area contributed by atoms with Crippen LogP contribution in [0.5, 0.6) is 0 Å². The van der Waals surface area contributed by atoms with Crippen LogP contribution in [0.1, 0.15) is 40.5 Å². The number of rotatable bonds is 8. The molecule has 0 rings (SSSR count). The number of nitrogens with zero attached hydrogens (tertiary/aromatic N) is 1. The van der Waals surface area contributed by atoms with Crippen LogP contribution < -0.4 is 0 Å². The molecular weight excluding hydrogens is 190 g/mol. The molecule has 0 atom stereocenters. The van der Waals surface area contributed by atoms with Crippen molar-refractivity contribution >= 4 is 5.97 Å². The lowest BCUT2D eigenvalue weighted by Gasteiger charge is -2.26. The largest absolute Gasteiger partial charge is 0.480 e. The fraction of sp³-hybridized carbons (Fsp3) is 0.917. The van der Waals surface area contributed by atoms with E-state index in [2.05, 4.69) is 32.6 Å². The van der Waals surface area contributed by atoms with E-state index in [0.717, 1.165) is 25.9 Å². The lowest BCUT2D eigenvalue weighted by atomic mass is 10.0. The maximum absolute atomic E-state index is 10.7. The molecule has 0 saturated carbocycles. The van der Waals surface area contributed by atoms with Crippen LogP contribution in [-0.4, -0.2) is 35.6 Å². The maximum Gasteiger partial charge on any atom is 0.317 e. The molecule has 0 bridgehead atoms. The zero-order chi connectivity index (χ0) is 11.8. The van der Waals surface area contributed by atoms with E-state index in [1.54, 1.807) is 0 Å². The summed E-state index contributed by atoms with van der Waals surface area (Å²) in [7, 11) is 0. The van der Waals surface area contributed by atoms with Crippen LogP contribution in [0.2, 0.25) is 0 Å². The van der Waals surface area contributed by atoms with Crippen LogP contribution in [0.25, 0.3) is 0 Å². The van der Waals surface area contributed by atoms with Gasteiger partial charge in [0.1, 0.15) is 0 Å². The quantitative estimate of drug-likeness (QED) is 0.676. The van der Waals surface area contributed by atoms with E-state index in [-0.39, 0.29) is 6.54 Å². The van der Waals surface area contributed by atoms with Crippen LogP contribution in [0.15, 0.2) is 0 Å². The van der Waals surface area contributed by atoms with Gasteiger partial charge in [0.05, 0.1) is 6.54 Å². The molecule has 0 aromatic carbocycles. The summed E-state index contributed by atoms with van der Waals surface area (Å²) in [6.45, 7) is 10.6. The molecule has 1 N–H and O–H groups in total. The van der Waals surface area contributed by atoms with E-state index < -0.39 is 5.97 Å². The van der Waals surface area contributed by atoms with Gasteiger partial charge in [-0.3, -0.25) is 9.69 Å². The van der Waals surface area contributed by atoms with Crippen LogP contribution in [0.3, 0.4) is 0 Å². The summed E-state index contributed by atoms with van der Waals surface area (Å²) in [6, 6.07) is 0. The molecule has 15 heavy (non-hydrogen) atoms. The zero-order valence-corrected chi connectivity index (χ0v) is 10.5. The highest BCUT2D eigenvalue weighted by atomic mass is 16.4. The van der Waals surface area contributed by atoms with E-state index in [0.29, 0.717) is 11.8 Å². The average molecular weight is 215 g/mol. The molecule has 0 spiro atoms. The Labute approximate surface area is 93.5 Å². The molecular formula is C12H25NO2. The maximum atomic E-state index is 10.7. The summed E-state index contributed by atoms with van der Waals surface area (Å²) in [5, 5.41) is 8.81. The third-order valence-electron chi connectivity index (χ3n) is 2.65. The molecule has 0 fully saturated rings. The molecule has 0 saturated heterocycles. The minimum absolute atomic E-state index is 0.175. The van der Waals surface area contributed by atoms with Crippen LogP contribution >= 0.6 is 0 Å². The Balaban J connectivity index is 4.15. The first kappa shape index (κ1) is 14.4. The molecule has 0 aliphatic heterocycles. The Hall–Kier alpha value is -0.570. The number of hydrogen-bond acceptors (Lipinski definition) is 2. The van der Waals surface area contributed by atoms with Gasteiger partial charge in [0.15, 0.2) is 0 Å². The summed E-state index contributed by atoms with van der Waals surface area (Å²) in [4.78, 5) is 12.8.